The molecule has 28 heavy (non-hydrogen) atoms. The fraction of sp³-hybridized carbons (Fsp3) is 0.429. The molecule has 1 aliphatic heterocycles. The fourth-order valence-electron chi connectivity index (χ4n) is 3.95. The van der Waals surface area contributed by atoms with Gasteiger partial charge in [-0.05, 0) is 35.6 Å². The molecule has 7 heteroatoms. The molecule has 150 valence electrons. The van der Waals surface area contributed by atoms with Crippen LogP contribution in [0.2, 0.25) is 0 Å². The molecule has 4 N–H and O–H groups in total. The molecule has 6 atom stereocenters. The van der Waals surface area contributed by atoms with Crippen molar-refractivity contribution >= 4 is 21.4 Å². The lowest BCUT2D eigenvalue weighted by Gasteiger charge is -2.43. The van der Waals surface area contributed by atoms with E-state index in [-0.39, 0.29) is 11.7 Å². The SMILES string of the molecule is OCC1OC(C2C=C(Cc3cc4ccccc4s3)C(F)=CC2)C(O)C(O)C1O. The Bertz CT molecular complexity index is 872. The van der Waals surface area contributed by atoms with Crippen molar-refractivity contribution in [1.29, 1.82) is 0 Å². The van der Waals surface area contributed by atoms with Crippen LogP contribution in [0.1, 0.15) is 11.3 Å². The zero-order valence-electron chi connectivity index (χ0n) is 15.1. The summed E-state index contributed by atoms with van der Waals surface area (Å²) in [6, 6.07) is 10.0. The molecule has 0 spiro atoms. The van der Waals surface area contributed by atoms with Gasteiger partial charge in [0.2, 0.25) is 0 Å². The highest BCUT2D eigenvalue weighted by molar-refractivity contribution is 7.19. The molecule has 1 fully saturated rings. The van der Waals surface area contributed by atoms with E-state index in [2.05, 4.69) is 0 Å². The van der Waals surface area contributed by atoms with Crippen molar-refractivity contribution in [3.8, 4) is 0 Å². The molecule has 5 nitrogen and oxygen atoms in total. The van der Waals surface area contributed by atoms with Gasteiger partial charge in [-0.3, -0.25) is 0 Å². The molecule has 0 amide bonds. The molecule has 1 aromatic heterocycles. The van der Waals surface area contributed by atoms with Crippen molar-refractivity contribution in [2.24, 2.45) is 5.92 Å². The maximum atomic E-state index is 14.5. The van der Waals surface area contributed by atoms with E-state index in [1.807, 2.05) is 30.3 Å². The van der Waals surface area contributed by atoms with Crippen LogP contribution in [-0.4, -0.2) is 57.6 Å². The van der Waals surface area contributed by atoms with E-state index in [0.717, 1.165) is 15.0 Å². The molecular weight excluding hydrogens is 383 g/mol. The first-order chi connectivity index (χ1) is 13.5. The van der Waals surface area contributed by atoms with Gasteiger partial charge in [0, 0.05) is 21.9 Å². The van der Waals surface area contributed by atoms with Gasteiger partial charge in [0.25, 0.3) is 0 Å². The third-order valence-corrected chi connectivity index (χ3v) is 6.60. The predicted molar refractivity (Wildman–Crippen MR) is 105 cm³/mol. The standard InChI is InChI=1S/C21H23FO5S/c22-15-6-5-12(21-20(26)19(25)18(24)16(10-23)27-21)7-13(15)9-14-8-11-3-1-2-4-17(11)28-14/h1-4,6-8,12,16,18-21,23-26H,5,9-10H2. The molecular formula is C21H23FO5S. The van der Waals surface area contributed by atoms with Crippen LogP contribution in [0.3, 0.4) is 0 Å². The number of ether oxygens (including phenoxy) is 1. The van der Waals surface area contributed by atoms with Crippen molar-refractivity contribution in [3.05, 3.63) is 58.8 Å². The summed E-state index contributed by atoms with van der Waals surface area (Å²) in [4.78, 5) is 1.03. The van der Waals surface area contributed by atoms with Crippen LogP contribution < -0.4 is 0 Å². The molecule has 4 rings (SSSR count). The number of thiophene rings is 1. The summed E-state index contributed by atoms with van der Waals surface area (Å²) in [6.45, 7) is -0.475. The number of halogens is 1. The largest absolute Gasteiger partial charge is 0.394 e. The predicted octanol–water partition coefficient (Wildman–Crippen LogP) is 2.09. The topological polar surface area (TPSA) is 90.2 Å². The molecule has 1 aromatic carbocycles. The first kappa shape index (κ1) is 19.7. The lowest BCUT2D eigenvalue weighted by molar-refractivity contribution is -0.237. The Morgan fingerprint density at radius 3 is 2.64 bits per heavy atom. The molecule has 6 unspecified atom stereocenters. The van der Waals surface area contributed by atoms with Gasteiger partial charge in [-0.2, -0.15) is 0 Å². The summed E-state index contributed by atoms with van der Waals surface area (Å²) in [6.07, 6.45) is -1.99. The number of aliphatic hydroxyl groups excluding tert-OH is 4. The Morgan fingerprint density at radius 1 is 1.11 bits per heavy atom. The van der Waals surface area contributed by atoms with E-state index < -0.39 is 37.1 Å². The second-order valence-electron chi connectivity index (χ2n) is 7.36. The van der Waals surface area contributed by atoms with E-state index in [9.17, 15) is 24.8 Å². The van der Waals surface area contributed by atoms with Gasteiger partial charge in [0.05, 0.1) is 12.7 Å². The molecule has 2 heterocycles. The Hall–Kier alpha value is -1.61. The van der Waals surface area contributed by atoms with Gasteiger partial charge in [0.1, 0.15) is 30.2 Å². The first-order valence-corrected chi connectivity index (χ1v) is 10.1. The van der Waals surface area contributed by atoms with Gasteiger partial charge < -0.3 is 25.2 Å². The number of hydrogen-bond acceptors (Lipinski definition) is 6. The molecule has 1 saturated heterocycles. The van der Waals surface area contributed by atoms with Crippen LogP contribution in [-0.2, 0) is 11.2 Å². The lowest BCUT2D eigenvalue weighted by Crippen LogP contribution is -2.60. The maximum absolute atomic E-state index is 14.5. The molecule has 2 aliphatic rings. The van der Waals surface area contributed by atoms with E-state index in [1.54, 1.807) is 17.4 Å². The number of aliphatic hydroxyl groups is 4. The number of rotatable bonds is 4. The second kappa shape index (κ2) is 8.02. The van der Waals surface area contributed by atoms with Gasteiger partial charge >= 0.3 is 0 Å². The van der Waals surface area contributed by atoms with Crippen LogP contribution in [0.15, 0.2) is 53.9 Å². The monoisotopic (exact) mass is 406 g/mol. The average molecular weight is 406 g/mol. The van der Waals surface area contributed by atoms with Crippen molar-refractivity contribution in [1.82, 2.24) is 0 Å². The van der Waals surface area contributed by atoms with Crippen LogP contribution in [0.5, 0.6) is 0 Å². The quantitative estimate of drug-likeness (QED) is 0.624. The summed E-state index contributed by atoms with van der Waals surface area (Å²) in [7, 11) is 0. The average Bonchev–Trinajstić information content (AvgIpc) is 3.11. The molecule has 0 radical (unpaired) electrons. The fourth-order valence-corrected chi connectivity index (χ4v) is 5.03. The van der Waals surface area contributed by atoms with Crippen molar-refractivity contribution < 1.29 is 29.6 Å². The smallest absolute Gasteiger partial charge is 0.122 e. The summed E-state index contributed by atoms with van der Waals surface area (Å²) >= 11 is 1.61. The Morgan fingerprint density at radius 2 is 1.89 bits per heavy atom. The third kappa shape index (κ3) is 3.66. The normalized spacial score (nSPS) is 33.6. The highest BCUT2D eigenvalue weighted by Gasteiger charge is 2.46. The minimum atomic E-state index is -1.42. The number of fused-ring (bicyclic) bond motifs is 1. The lowest BCUT2D eigenvalue weighted by atomic mass is 9.82. The zero-order valence-corrected chi connectivity index (χ0v) is 15.9. The second-order valence-corrected chi connectivity index (χ2v) is 8.53. The maximum Gasteiger partial charge on any atom is 0.122 e. The molecule has 1 aliphatic carbocycles. The van der Waals surface area contributed by atoms with Crippen LogP contribution in [0.4, 0.5) is 4.39 Å². The molecule has 2 aromatic rings. The van der Waals surface area contributed by atoms with E-state index in [1.165, 1.54) is 6.08 Å². The minimum Gasteiger partial charge on any atom is -0.394 e. The van der Waals surface area contributed by atoms with Gasteiger partial charge in [0.15, 0.2) is 0 Å². The summed E-state index contributed by atoms with van der Waals surface area (Å²) in [5.41, 5.74) is 0.514. The Balaban J connectivity index is 1.56. The summed E-state index contributed by atoms with van der Waals surface area (Å²) < 4.78 is 21.3. The van der Waals surface area contributed by atoms with Crippen molar-refractivity contribution in [2.75, 3.05) is 6.61 Å². The molecule has 0 bridgehead atoms. The number of allylic oxidation sites excluding steroid dienone is 3. The third-order valence-electron chi connectivity index (χ3n) is 5.48. The molecule has 0 saturated carbocycles. The first-order valence-electron chi connectivity index (χ1n) is 9.32. The summed E-state index contributed by atoms with van der Waals surface area (Å²) in [5, 5.41) is 40.8. The van der Waals surface area contributed by atoms with E-state index in [4.69, 9.17) is 4.74 Å². The Kier molecular flexibility index (Phi) is 5.64. The highest BCUT2D eigenvalue weighted by Crippen LogP contribution is 2.36. The van der Waals surface area contributed by atoms with E-state index >= 15 is 0 Å². The van der Waals surface area contributed by atoms with Gasteiger partial charge in [-0.15, -0.1) is 11.3 Å². The van der Waals surface area contributed by atoms with Crippen molar-refractivity contribution in [3.63, 3.8) is 0 Å². The Labute approximate surface area is 166 Å². The van der Waals surface area contributed by atoms with E-state index in [0.29, 0.717) is 18.4 Å². The summed E-state index contributed by atoms with van der Waals surface area (Å²) in [5.74, 6) is -0.659. The highest BCUT2D eigenvalue weighted by atomic mass is 32.1. The minimum absolute atomic E-state index is 0.293. The van der Waals surface area contributed by atoms with Gasteiger partial charge in [-0.25, -0.2) is 4.39 Å². The van der Waals surface area contributed by atoms with Crippen LogP contribution >= 0.6 is 11.3 Å². The van der Waals surface area contributed by atoms with Crippen LogP contribution in [0, 0.1) is 5.92 Å². The van der Waals surface area contributed by atoms with Crippen molar-refractivity contribution in [2.45, 2.75) is 43.4 Å². The zero-order chi connectivity index (χ0) is 19.8. The number of hydrogen-bond donors (Lipinski definition) is 4. The van der Waals surface area contributed by atoms with Gasteiger partial charge in [-0.1, -0.05) is 24.3 Å². The number of benzene rings is 1. The van der Waals surface area contributed by atoms with Crippen LogP contribution in [0.25, 0.3) is 10.1 Å².